The minimum Gasteiger partial charge on any atom is -0.504 e. The first-order valence-corrected chi connectivity index (χ1v) is 7.37. The number of halogens is 1. The van der Waals surface area contributed by atoms with Crippen LogP contribution in [0.5, 0.6) is 5.75 Å². The number of nitrogens with zero attached hydrogens (tertiary/aromatic N) is 2. The van der Waals surface area contributed by atoms with Gasteiger partial charge in [-0.15, -0.1) is 0 Å². The molecule has 0 atom stereocenters. The molecular weight excluding hydrogens is 332 g/mol. The van der Waals surface area contributed by atoms with Crippen LogP contribution in [0.1, 0.15) is 34.5 Å². The first-order chi connectivity index (χ1) is 11.3. The van der Waals surface area contributed by atoms with E-state index in [1.54, 1.807) is 18.2 Å². The Morgan fingerprint density at radius 3 is 2.62 bits per heavy atom. The zero-order valence-electron chi connectivity index (χ0n) is 12.7. The van der Waals surface area contributed by atoms with Gasteiger partial charge in [-0.25, -0.2) is 4.98 Å². The van der Waals surface area contributed by atoms with Gasteiger partial charge in [0.05, 0.1) is 17.7 Å². The van der Waals surface area contributed by atoms with E-state index in [-0.39, 0.29) is 24.1 Å². The summed E-state index contributed by atoms with van der Waals surface area (Å²) in [5.74, 6) is -2.32. The van der Waals surface area contributed by atoms with Crippen molar-refractivity contribution < 1.29 is 19.8 Å². The summed E-state index contributed by atoms with van der Waals surface area (Å²) in [6.45, 7) is 1.82. The zero-order valence-corrected chi connectivity index (χ0v) is 13.5. The summed E-state index contributed by atoms with van der Waals surface area (Å²) < 4.78 is 0. The monoisotopic (exact) mass is 344 g/mol. The number of benzene rings is 1. The Balaban J connectivity index is 2.57. The summed E-state index contributed by atoms with van der Waals surface area (Å²) >= 11 is 5.98. The highest BCUT2D eigenvalue weighted by Gasteiger charge is 2.20. The minimum atomic E-state index is -1.13. The van der Waals surface area contributed by atoms with E-state index < -0.39 is 17.5 Å². The Morgan fingerprint density at radius 1 is 1.29 bits per heavy atom. The van der Waals surface area contributed by atoms with Gasteiger partial charge in [-0.2, -0.15) is 5.26 Å². The van der Waals surface area contributed by atoms with Crippen molar-refractivity contribution in [1.29, 1.82) is 5.26 Å². The standard InChI is InChI=1S/C17H13ClN2O4/c1-9-2-3-11(18)7-12(9)13-6-10(8-19)17(24)16(20-13)14(21)4-5-15(22)23/h2-3,6-7,24H,4-5H2,1H3,(H,22,23). The smallest absolute Gasteiger partial charge is 0.303 e. The highest BCUT2D eigenvalue weighted by molar-refractivity contribution is 6.30. The first kappa shape index (κ1) is 17.4. The fourth-order valence-electron chi connectivity index (χ4n) is 2.16. The van der Waals surface area contributed by atoms with E-state index in [0.29, 0.717) is 16.3 Å². The molecule has 0 aliphatic heterocycles. The van der Waals surface area contributed by atoms with Crippen molar-refractivity contribution >= 4 is 23.4 Å². The number of ketones is 1. The maximum absolute atomic E-state index is 12.2. The number of nitriles is 1. The lowest BCUT2D eigenvalue weighted by Crippen LogP contribution is -2.08. The van der Waals surface area contributed by atoms with Gasteiger partial charge in [-0.3, -0.25) is 9.59 Å². The third kappa shape index (κ3) is 3.70. The molecule has 0 saturated carbocycles. The van der Waals surface area contributed by atoms with Crippen LogP contribution in [0.15, 0.2) is 24.3 Å². The lowest BCUT2D eigenvalue weighted by molar-refractivity contribution is -0.136. The lowest BCUT2D eigenvalue weighted by Gasteiger charge is -2.10. The summed E-state index contributed by atoms with van der Waals surface area (Å²) in [7, 11) is 0. The van der Waals surface area contributed by atoms with Crippen LogP contribution in [-0.2, 0) is 4.79 Å². The number of aromatic nitrogens is 1. The van der Waals surface area contributed by atoms with Crippen LogP contribution >= 0.6 is 11.6 Å². The van der Waals surface area contributed by atoms with Crippen LogP contribution in [0.25, 0.3) is 11.3 Å². The van der Waals surface area contributed by atoms with E-state index in [1.165, 1.54) is 6.07 Å². The van der Waals surface area contributed by atoms with Gasteiger partial charge in [-0.05, 0) is 30.7 Å². The number of carboxylic acid groups (broad SMARTS) is 1. The SMILES string of the molecule is Cc1ccc(Cl)cc1-c1cc(C#N)c(O)c(C(=O)CCC(=O)O)n1. The molecule has 6 nitrogen and oxygen atoms in total. The second-order valence-electron chi connectivity index (χ2n) is 5.14. The minimum absolute atomic E-state index is 0.113. The molecule has 0 fully saturated rings. The summed E-state index contributed by atoms with van der Waals surface area (Å²) in [6.07, 6.45) is -0.707. The molecule has 1 heterocycles. The van der Waals surface area contributed by atoms with Gasteiger partial charge in [0, 0.05) is 17.0 Å². The summed E-state index contributed by atoms with van der Waals surface area (Å²) in [5.41, 5.74) is 1.32. The molecule has 0 aliphatic carbocycles. The number of aromatic hydroxyl groups is 1. The van der Waals surface area contributed by atoms with Gasteiger partial charge in [0.25, 0.3) is 0 Å². The van der Waals surface area contributed by atoms with Crippen molar-refractivity contribution in [2.75, 3.05) is 0 Å². The average Bonchev–Trinajstić information content (AvgIpc) is 2.55. The molecule has 7 heteroatoms. The van der Waals surface area contributed by atoms with Gasteiger partial charge < -0.3 is 10.2 Å². The number of hydrogen-bond donors (Lipinski definition) is 2. The van der Waals surface area contributed by atoms with Gasteiger partial charge >= 0.3 is 5.97 Å². The van der Waals surface area contributed by atoms with E-state index in [9.17, 15) is 14.7 Å². The van der Waals surface area contributed by atoms with Crippen LogP contribution < -0.4 is 0 Å². The fraction of sp³-hybridized carbons (Fsp3) is 0.176. The summed E-state index contributed by atoms with van der Waals surface area (Å²) in [5, 5.41) is 28.3. The number of carbonyl (C=O) groups excluding carboxylic acids is 1. The Morgan fingerprint density at radius 2 is 2.00 bits per heavy atom. The Labute approximate surface area is 143 Å². The number of aliphatic carboxylic acids is 1. The van der Waals surface area contributed by atoms with Crippen LogP contribution in [-0.4, -0.2) is 26.9 Å². The van der Waals surface area contributed by atoms with E-state index in [0.717, 1.165) is 5.56 Å². The molecule has 0 saturated heterocycles. The van der Waals surface area contributed by atoms with Crippen LogP contribution in [0.3, 0.4) is 0 Å². The van der Waals surface area contributed by atoms with E-state index in [4.69, 9.17) is 22.0 Å². The number of carboxylic acids is 1. The molecule has 2 rings (SSSR count). The Bertz CT molecular complexity index is 872. The number of rotatable bonds is 5. The van der Waals surface area contributed by atoms with Crippen molar-refractivity contribution in [2.24, 2.45) is 0 Å². The van der Waals surface area contributed by atoms with E-state index in [2.05, 4.69) is 4.98 Å². The number of Topliss-reactive ketones (excluding diaryl/α,β-unsaturated/α-hetero) is 1. The molecule has 24 heavy (non-hydrogen) atoms. The van der Waals surface area contributed by atoms with Crippen molar-refractivity contribution in [2.45, 2.75) is 19.8 Å². The van der Waals surface area contributed by atoms with Crippen molar-refractivity contribution in [3.05, 3.63) is 46.1 Å². The number of aryl methyl sites for hydroxylation is 1. The first-order valence-electron chi connectivity index (χ1n) is 6.99. The summed E-state index contributed by atoms with van der Waals surface area (Å²) in [4.78, 5) is 26.9. The van der Waals surface area contributed by atoms with Gasteiger partial charge in [0.1, 0.15) is 11.8 Å². The molecule has 1 aromatic heterocycles. The highest BCUT2D eigenvalue weighted by Crippen LogP contribution is 2.31. The van der Waals surface area contributed by atoms with Crippen LogP contribution in [0, 0.1) is 18.3 Å². The quantitative estimate of drug-likeness (QED) is 0.804. The molecular formula is C17H13ClN2O4. The van der Waals surface area contributed by atoms with Crippen LogP contribution in [0.4, 0.5) is 0 Å². The maximum Gasteiger partial charge on any atom is 0.303 e. The van der Waals surface area contributed by atoms with Gasteiger partial charge in [0.2, 0.25) is 0 Å². The molecule has 0 amide bonds. The second-order valence-corrected chi connectivity index (χ2v) is 5.58. The van der Waals surface area contributed by atoms with Crippen molar-refractivity contribution in [3.8, 4) is 23.1 Å². The van der Waals surface area contributed by atoms with Crippen molar-refractivity contribution in [1.82, 2.24) is 4.98 Å². The molecule has 2 N–H and O–H groups in total. The molecule has 0 bridgehead atoms. The predicted octanol–water partition coefficient (Wildman–Crippen LogP) is 3.34. The average molecular weight is 345 g/mol. The van der Waals surface area contributed by atoms with E-state index >= 15 is 0 Å². The predicted molar refractivity (Wildman–Crippen MR) is 87.0 cm³/mol. The fourth-order valence-corrected chi connectivity index (χ4v) is 2.34. The number of carbonyl (C=O) groups is 2. The molecule has 122 valence electrons. The Hall–Kier alpha value is -2.91. The molecule has 1 aromatic carbocycles. The molecule has 0 unspecified atom stereocenters. The highest BCUT2D eigenvalue weighted by atomic mass is 35.5. The normalized spacial score (nSPS) is 10.2. The summed E-state index contributed by atoms with van der Waals surface area (Å²) in [6, 6.07) is 8.28. The lowest BCUT2D eigenvalue weighted by atomic mass is 10.0. The third-order valence-corrected chi connectivity index (χ3v) is 3.65. The van der Waals surface area contributed by atoms with Crippen LogP contribution in [0.2, 0.25) is 5.02 Å². The molecule has 0 radical (unpaired) electrons. The molecule has 0 aliphatic rings. The van der Waals surface area contributed by atoms with Gasteiger partial charge in [0.15, 0.2) is 11.5 Å². The second kappa shape index (κ2) is 7.11. The number of pyridine rings is 1. The Kier molecular flexibility index (Phi) is 5.17. The zero-order chi connectivity index (χ0) is 17.9. The third-order valence-electron chi connectivity index (χ3n) is 3.42. The van der Waals surface area contributed by atoms with Gasteiger partial charge in [-0.1, -0.05) is 17.7 Å². The van der Waals surface area contributed by atoms with Crippen molar-refractivity contribution in [3.63, 3.8) is 0 Å². The molecule has 2 aromatic rings. The van der Waals surface area contributed by atoms with E-state index in [1.807, 2.05) is 13.0 Å². The largest absolute Gasteiger partial charge is 0.504 e. The molecule has 0 spiro atoms. The topological polar surface area (TPSA) is 111 Å². The maximum atomic E-state index is 12.2. The number of hydrogen-bond acceptors (Lipinski definition) is 5.